The molecule has 0 aromatic heterocycles. The minimum absolute atomic E-state index is 0.453. The average molecular weight is 318 g/mol. The van der Waals surface area contributed by atoms with E-state index >= 15 is 0 Å². The van der Waals surface area contributed by atoms with Gasteiger partial charge in [0, 0.05) is 29.8 Å². The molecule has 0 spiro atoms. The Labute approximate surface area is 145 Å². The largest absolute Gasteiger partial charge is 0.399 e. The van der Waals surface area contributed by atoms with Crippen LogP contribution in [0.4, 0.5) is 5.69 Å². The predicted octanol–water partition coefficient (Wildman–Crippen LogP) is 3.94. The molecule has 2 aromatic carbocycles. The van der Waals surface area contributed by atoms with Crippen molar-refractivity contribution in [3.63, 3.8) is 0 Å². The van der Waals surface area contributed by atoms with Crippen molar-refractivity contribution in [2.24, 2.45) is 0 Å². The molecule has 2 nitrogen and oxygen atoms in total. The summed E-state index contributed by atoms with van der Waals surface area (Å²) < 4.78 is 0. The van der Waals surface area contributed by atoms with Crippen LogP contribution in [0.15, 0.2) is 48.5 Å². The molecule has 2 aromatic rings. The van der Waals surface area contributed by atoms with E-state index in [0.29, 0.717) is 12.1 Å². The summed E-state index contributed by atoms with van der Waals surface area (Å²) in [6, 6.07) is 17.5. The van der Waals surface area contributed by atoms with Crippen LogP contribution in [0.25, 0.3) is 0 Å². The third kappa shape index (κ3) is 4.40. The van der Waals surface area contributed by atoms with E-state index in [1.54, 1.807) is 0 Å². The van der Waals surface area contributed by atoms with Crippen LogP contribution in [-0.4, -0.2) is 12.1 Å². The molecule has 1 aliphatic carbocycles. The van der Waals surface area contributed by atoms with Crippen molar-refractivity contribution in [3.05, 3.63) is 65.2 Å². The molecule has 0 radical (unpaired) electrons. The summed E-state index contributed by atoms with van der Waals surface area (Å²) in [5.74, 6) is 6.60. The van der Waals surface area contributed by atoms with Crippen LogP contribution in [0.5, 0.6) is 0 Å². The van der Waals surface area contributed by atoms with Crippen LogP contribution in [0.3, 0.4) is 0 Å². The Morgan fingerprint density at radius 2 is 2.00 bits per heavy atom. The molecule has 0 aliphatic heterocycles. The van der Waals surface area contributed by atoms with Crippen molar-refractivity contribution in [3.8, 4) is 11.8 Å². The number of hydrogen-bond donors (Lipinski definition) is 2. The fourth-order valence-corrected chi connectivity index (χ4v) is 3.37. The normalized spacial score (nSPS) is 17.5. The SMILES string of the molecule is CCC(CC#Cc1ccccc1)NC1CCc2ccc(N)cc2C1. The van der Waals surface area contributed by atoms with Gasteiger partial charge in [-0.1, -0.05) is 43.0 Å². The van der Waals surface area contributed by atoms with Crippen molar-refractivity contribution >= 4 is 5.69 Å². The molecule has 0 saturated carbocycles. The van der Waals surface area contributed by atoms with Crippen LogP contribution in [0.1, 0.15) is 42.9 Å². The molecule has 0 fully saturated rings. The van der Waals surface area contributed by atoms with Crippen molar-refractivity contribution in [2.45, 2.75) is 51.1 Å². The van der Waals surface area contributed by atoms with Gasteiger partial charge in [0.25, 0.3) is 0 Å². The average Bonchev–Trinajstić information content (AvgIpc) is 2.61. The Balaban J connectivity index is 1.57. The van der Waals surface area contributed by atoms with E-state index in [1.165, 1.54) is 17.5 Å². The first-order valence-corrected chi connectivity index (χ1v) is 8.92. The number of nitrogens with one attached hydrogen (secondary N) is 1. The highest BCUT2D eigenvalue weighted by atomic mass is 14.9. The lowest BCUT2D eigenvalue weighted by Crippen LogP contribution is -2.41. The van der Waals surface area contributed by atoms with Crippen LogP contribution < -0.4 is 11.1 Å². The molecule has 124 valence electrons. The number of rotatable bonds is 4. The van der Waals surface area contributed by atoms with Crippen molar-refractivity contribution < 1.29 is 0 Å². The maximum absolute atomic E-state index is 5.94. The van der Waals surface area contributed by atoms with E-state index in [4.69, 9.17) is 5.73 Å². The summed E-state index contributed by atoms with van der Waals surface area (Å²) in [4.78, 5) is 0. The standard InChI is InChI=1S/C22H26N2/c1-2-21(10-6-9-17-7-4-3-5-8-17)24-22-14-12-18-11-13-20(23)15-19(18)16-22/h3-5,7-8,11,13,15,21-22,24H,2,10,12,14,16,23H2,1H3. The van der Waals surface area contributed by atoms with Gasteiger partial charge in [-0.2, -0.15) is 0 Å². The lowest BCUT2D eigenvalue weighted by atomic mass is 9.87. The minimum Gasteiger partial charge on any atom is -0.399 e. The number of aryl methyl sites for hydroxylation is 1. The number of fused-ring (bicyclic) bond motifs is 1. The molecule has 2 heteroatoms. The molecule has 0 saturated heterocycles. The second-order valence-electron chi connectivity index (χ2n) is 6.61. The molecule has 24 heavy (non-hydrogen) atoms. The topological polar surface area (TPSA) is 38.0 Å². The van der Waals surface area contributed by atoms with Crippen LogP contribution in [0.2, 0.25) is 0 Å². The number of hydrogen-bond acceptors (Lipinski definition) is 2. The van der Waals surface area contributed by atoms with E-state index in [1.807, 2.05) is 24.3 Å². The summed E-state index contributed by atoms with van der Waals surface area (Å²) in [7, 11) is 0. The number of nitrogen functional groups attached to an aromatic ring is 1. The smallest absolute Gasteiger partial charge is 0.0316 e. The van der Waals surface area contributed by atoms with E-state index in [9.17, 15) is 0 Å². The van der Waals surface area contributed by atoms with Crippen LogP contribution in [0, 0.1) is 11.8 Å². The monoisotopic (exact) mass is 318 g/mol. The lowest BCUT2D eigenvalue weighted by Gasteiger charge is -2.29. The molecule has 0 bridgehead atoms. The van der Waals surface area contributed by atoms with E-state index in [2.05, 4.69) is 48.3 Å². The van der Waals surface area contributed by atoms with Crippen LogP contribution in [-0.2, 0) is 12.8 Å². The highest BCUT2D eigenvalue weighted by Gasteiger charge is 2.20. The molecule has 2 unspecified atom stereocenters. The maximum atomic E-state index is 5.94. The van der Waals surface area contributed by atoms with Crippen molar-refractivity contribution in [1.29, 1.82) is 0 Å². The first-order chi connectivity index (χ1) is 11.7. The first-order valence-electron chi connectivity index (χ1n) is 8.92. The summed E-state index contributed by atoms with van der Waals surface area (Å²) in [5.41, 5.74) is 10.8. The number of anilines is 1. The predicted molar refractivity (Wildman–Crippen MR) is 102 cm³/mol. The van der Waals surface area contributed by atoms with Gasteiger partial charge in [0.15, 0.2) is 0 Å². The third-order valence-electron chi connectivity index (χ3n) is 4.78. The highest BCUT2D eigenvalue weighted by Crippen LogP contribution is 2.24. The van der Waals surface area contributed by atoms with Gasteiger partial charge < -0.3 is 11.1 Å². The van der Waals surface area contributed by atoms with Crippen molar-refractivity contribution in [2.75, 3.05) is 5.73 Å². The lowest BCUT2D eigenvalue weighted by molar-refractivity contribution is 0.388. The zero-order chi connectivity index (χ0) is 16.8. The zero-order valence-electron chi connectivity index (χ0n) is 14.4. The summed E-state index contributed by atoms with van der Waals surface area (Å²) >= 11 is 0. The molecule has 3 rings (SSSR count). The van der Waals surface area contributed by atoms with Crippen molar-refractivity contribution in [1.82, 2.24) is 5.32 Å². The Bertz CT molecular complexity index is 725. The highest BCUT2D eigenvalue weighted by molar-refractivity contribution is 5.46. The molecule has 0 amide bonds. The third-order valence-corrected chi connectivity index (χ3v) is 4.78. The Morgan fingerprint density at radius 1 is 1.17 bits per heavy atom. The second kappa shape index (κ2) is 8.04. The van der Waals surface area contributed by atoms with Gasteiger partial charge in [0.1, 0.15) is 0 Å². The zero-order valence-corrected chi connectivity index (χ0v) is 14.4. The Morgan fingerprint density at radius 3 is 2.79 bits per heavy atom. The molecule has 2 atom stereocenters. The fourth-order valence-electron chi connectivity index (χ4n) is 3.37. The molecular weight excluding hydrogens is 292 g/mol. The summed E-state index contributed by atoms with van der Waals surface area (Å²) in [5, 5.41) is 3.81. The van der Waals surface area contributed by atoms with Gasteiger partial charge in [-0.3, -0.25) is 0 Å². The van der Waals surface area contributed by atoms with E-state index in [0.717, 1.165) is 36.9 Å². The second-order valence-corrected chi connectivity index (χ2v) is 6.61. The first kappa shape index (κ1) is 16.6. The minimum atomic E-state index is 0.453. The van der Waals surface area contributed by atoms with Gasteiger partial charge in [-0.05, 0) is 61.1 Å². The van der Waals surface area contributed by atoms with Gasteiger partial charge in [0.05, 0.1) is 0 Å². The van der Waals surface area contributed by atoms with Crippen LogP contribution >= 0.6 is 0 Å². The fraction of sp³-hybridized carbons (Fsp3) is 0.364. The number of nitrogens with two attached hydrogens (primary N) is 1. The molecule has 1 aliphatic rings. The van der Waals surface area contributed by atoms with E-state index in [-0.39, 0.29) is 0 Å². The summed E-state index contributed by atoms with van der Waals surface area (Å²) in [6.45, 7) is 2.23. The Kier molecular flexibility index (Phi) is 5.56. The molecule has 3 N–H and O–H groups in total. The quantitative estimate of drug-likeness (QED) is 0.662. The van der Waals surface area contributed by atoms with Gasteiger partial charge in [-0.15, -0.1) is 0 Å². The Hall–Kier alpha value is -2.24. The van der Waals surface area contributed by atoms with Gasteiger partial charge in [0.2, 0.25) is 0 Å². The van der Waals surface area contributed by atoms with Gasteiger partial charge in [-0.25, -0.2) is 0 Å². The number of benzene rings is 2. The summed E-state index contributed by atoms with van der Waals surface area (Å²) in [6.07, 6.45) is 5.40. The van der Waals surface area contributed by atoms with Gasteiger partial charge >= 0.3 is 0 Å². The van der Waals surface area contributed by atoms with E-state index < -0.39 is 0 Å². The maximum Gasteiger partial charge on any atom is 0.0316 e. The molecular formula is C22H26N2. The molecule has 0 heterocycles.